The van der Waals surface area contributed by atoms with Crippen LogP contribution in [0.15, 0.2) is 18.2 Å². The number of halogens is 2. The number of benzene rings is 1. The van der Waals surface area contributed by atoms with Gasteiger partial charge in [0.1, 0.15) is 5.82 Å². The number of aryl methyl sites for hydroxylation is 1. The summed E-state index contributed by atoms with van der Waals surface area (Å²) >= 11 is 0. The molecule has 0 aliphatic carbocycles. The number of piperidine rings is 1. The average molecular weight is 287 g/mol. The minimum atomic E-state index is -0.0713. The van der Waals surface area contributed by atoms with E-state index in [1.54, 1.807) is 6.07 Å². The summed E-state index contributed by atoms with van der Waals surface area (Å²) in [6.07, 6.45) is 2.43. The molecule has 0 unspecified atom stereocenters. The molecule has 108 valence electrons. The summed E-state index contributed by atoms with van der Waals surface area (Å²) < 4.78 is 13.7. The molecule has 0 bridgehead atoms. The first-order valence-corrected chi connectivity index (χ1v) is 6.81. The van der Waals surface area contributed by atoms with Crippen molar-refractivity contribution >= 4 is 12.4 Å². The minimum absolute atomic E-state index is 0. The monoisotopic (exact) mass is 286 g/mol. The second kappa shape index (κ2) is 7.83. The molecule has 1 saturated heterocycles. The Labute approximate surface area is 121 Å². The molecule has 0 radical (unpaired) electrons. The Bertz CT molecular complexity index is 390. The van der Waals surface area contributed by atoms with E-state index in [1.165, 1.54) is 12.8 Å². The Morgan fingerprint density at radius 1 is 1.32 bits per heavy atom. The van der Waals surface area contributed by atoms with Crippen LogP contribution in [0.25, 0.3) is 0 Å². The molecule has 0 spiro atoms. The van der Waals surface area contributed by atoms with E-state index >= 15 is 0 Å². The molecule has 1 aliphatic heterocycles. The quantitative estimate of drug-likeness (QED) is 0.915. The third kappa shape index (κ3) is 4.75. The summed E-state index contributed by atoms with van der Waals surface area (Å²) in [6.45, 7) is 6.04. The minimum Gasteiger partial charge on any atom is -0.319 e. The third-order valence-corrected chi connectivity index (χ3v) is 3.80. The zero-order valence-corrected chi connectivity index (χ0v) is 12.6. The lowest BCUT2D eigenvalue weighted by Crippen LogP contribution is -2.36. The predicted octanol–water partition coefficient (Wildman–Crippen LogP) is 2.99. The van der Waals surface area contributed by atoms with Crippen molar-refractivity contribution in [3.8, 4) is 0 Å². The second-order valence-electron chi connectivity index (χ2n) is 5.37. The van der Waals surface area contributed by atoms with Crippen LogP contribution in [0.2, 0.25) is 0 Å². The molecule has 1 aromatic rings. The second-order valence-corrected chi connectivity index (χ2v) is 5.37. The standard InChI is InChI=1S/C15H23FN2.ClH/c1-12-3-4-15(16)14(9-12)11-18-7-5-13(6-8-18)10-17-2;/h3-4,9,13,17H,5-8,10-11H2,1-2H3;1H. The van der Waals surface area contributed by atoms with Crippen LogP contribution in [0.5, 0.6) is 0 Å². The predicted molar refractivity (Wildman–Crippen MR) is 80.3 cm³/mol. The van der Waals surface area contributed by atoms with Crippen molar-refractivity contribution < 1.29 is 4.39 Å². The molecule has 4 heteroatoms. The maximum Gasteiger partial charge on any atom is 0.127 e. The van der Waals surface area contributed by atoms with Crippen LogP contribution in [0, 0.1) is 18.7 Å². The van der Waals surface area contributed by atoms with E-state index in [1.807, 2.05) is 26.1 Å². The van der Waals surface area contributed by atoms with Gasteiger partial charge in [0.25, 0.3) is 0 Å². The number of hydrogen-bond acceptors (Lipinski definition) is 2. The van der Waals surface area contributed by atoms with Crippen molar-refractivity contribution in [1.29, 1.82) is 0 Å². The van der Waals surface area contributed by atoms with Gasteiger partial charge in [-0.05, 0) is 58.4 Å². The largest absolute Gasteiger partial charge is 0.319 e. The number of likely N-dealkylation sites (tertiary alicyclic amines) is 1. The SMILES string of the molecule is CNCC1CCN(Cc2cc(C)ccc2F)CC1.Cl. The van der Waals surface area contributed by atoms with Crippen molar-refractivity contribution in [3.63, 3.8) is 0 Å². The van der Waals surface area contributed by atoms with Gasteiger partial charge in [0.15, 0.2) is 0 Å². The summed E-state index contributed by atoms with van der Waals surface area (Å²) in [4.78, 5) is 2.37. The Morgan fingerprint density at radius 2 is 2.00 bits per heavy atom. The first-order valence-electron chi connectivity index (χ1n) is 6.81. The molecule has 0 aromatic heterocycles. The molecular formula is C15H24ClFN2. The van der Waals surface area contributed by atoms with Gasteiger partial charge in [0, 0.05) is 12.1 Å². The maximum absolute atomic E-state index is 13.7. The molecule has 1 heterocycles. The number of nitrogens with one attached hydrogen (secondary N) is 1. The van der Waals surface area contributed by atoms with Gasteiger partial charge in [-0.25, -0.2) is 4.39 Å². The van der Waals surface area contributed by atoms with Crippen LogP contribution in [-0.2, 0) is 6.54 Å². The van der Waals surface area contributed by atoms with E-state index in [-0.39, 0.29) is 18.2 Å². The highest BCUT2D eigenvalue weighted by atomic mass is 35.5. The highest BCUT2D eigenvalue weighted by Crippen LogP contribution is 2.20. The van der Waals surface area contributed by atoms with E-state index < -0.39 is 0 Å². The van der Waals surface area contributed by atoms with Gasteiger partial charge in [0.2, 0.25) is 0 Å². The lowest BCUT2D eigenvalue weighted by molar-refractivity contribution is 0.175. The molecule has 0 amide bonds. The van der Waals surface area contributed by atoms with E-state index in [0.29, 0.717) is 0 Å². The first-order chi connectivity index (χ1) is 8.69. The Kier molecular flexibility index (Phi) is 6.76. The summed E-state index contributed by atoms with van der Waals surface area (Å²) in [6, 6.07) is 5.38. The van der Waals surface area contributed by atoms with Crippen LogP contribution >= 0.6 is 12.4 Å². The van der Waals surface area contributed by atoms with Gasteiger partial charge in [-0.15, -0.1) is 12.4 Å². The van der Waals surface area contributed by atoms with Crippen molar-refractivity contribution in [2.75, 3.05) is 26.7 Å². The van der Waals surface area contributed by atoms with Crippen LogP contribution in [0.4, 0.5) is 4.39 Å². The Balaban J connectivity index is 0.00000180. The molecule has 0 saturated carbocycles. The smallest absolute Gasteiger partial charge is 0.127 e. The van der Waals surface area contributed by atoms with Gasteiger partial charge < -0.3 is 5.32 Å². The molecule has 1 aromatic carbocycles. The van der Waals surface area contributed by atoms with Gasteiger partial charge in [-0.3, -0.25) is 4.90 Å². The topological polar surface area (TPSA) is 15.3 Å². The molecule has 1 fully saturated rings. The molecule has 1 N–H and O–H groups in total. The highest BCUT2D eigenvalue weighted by molar-refractivity contribution is 5.85. The van der Waals surface area contributed by atoms with Gasteiger partial charge in [0.05, 0.1) is 0 Å². The van der Waals surface area contributed by atoms with Gasteiger partial charge in [-0.1, -0.05) is 17.7 Å². The van der Waals surface area contributed by atoms with Gasteiger partial charge >= 0.3 is 0 Å². The van der Waals surface area contributed by atoms with Crippen molar-refractivity contribution in [2.24, 2.45) is 5.92 Å². The Morgan fingerprint density at radius 3 is 2.63 bits per heavy atom. The summed E-state index contributed by atoms with van der Waals surface area (Å²) in [5.41, 5.74) is 1.97. The van der Waals surface area contributed by atoms with Gasteiger partial charge in [-0.2, -0.15) is 0 Å². The van der Waals surface area contributed by atoms with E-state index in [9.17, 15) is 4.39 Å². The van der Waals surface area contributed by atoms with Crippen molar-refractivity contribution in [3.05, 3.63) is 35.1 Å². The van der Waals surface area contributed by atoms with E-state index in [0.717, 1.165) is 43.2 Å². The van der Waals surface area contributed by atoms with Crippen LogP contribution in [0.1, 0.15) is 24.0 Å². The van der Waals surface area contributed by atoms with Crippen molar-refractivity contribution in [2.45, 2.75) is 26.3 Å². The Hall–Kier alpha value is -0.640. The normalized spacial score (nSPS) is 17.2. The van der Waals surface area contributed by atoms with Crippen molar-refractivity contribution in [1.82, 2.24) is 10.2 Å². The summed E-state index contributed by atoms with van der Waals surface area (Å²) in [7, 11) is 2.01. The molecule has 2 rings (SSSR count). The summed E-state index contributed by atoms with van der Waals surface area (Å²) in [5, 5.41) is 3.24. The number of rotatable bonds is 4. The average Bonchev–Trinajstić information content (AvgIpc) is 2.37. The maximum atomic E-state index is 13.7. The fraction of sp³-hybridized carbons (Fsp3) is 0.600. The molecule has 19 heavy (non-hydrogen) atoms. The fourth-order valence-corrected chi connectivity index (χ4v) is 2.70. The molecular weight excluding hydrogens is 263 g/mol. The third-order valence-electron chi connectivity index (χ3n) is 3.80. The number of hydrogen-bond donors (Lipinski definition) is 1. The van der Waals surface area contributed by atoms with E-state index in [4.69, 9.17) is 0 Å². The fourth-order valence-electron chi connectivity index (χ4n) is 2.70. The zero-order valence-electron chi connectivity index (χ0n) is 11.8. The first kappa shape index (κ1) is 16.4. The molecule has 1 aliphatic rings. The lowest BCUT2D eigenvalue weighted by Gasteiger charge is -2.32. The zero-order chi connectivity index (χ0) is 13.0. The number of nitrogens with zero attached hydrogens (tertiary/aromatic N) is 1. The van der Waals surface area contributed by atoms with Crippen LogP contribution < -0.4 is 5.32 Å². The molecule has 0 atom stereocenters. The van der Waals surface area contributed by atoms with Crippen LogP contribution in [-0.4, -0.2) is 31.6 Å². The lowest BCUT2D eigenvalue weighted by atomic mass is 9.96. The highest BCUT2D eigenvalue weighted by Gasteiger charge is 2.19. The molecule has 2 nitrogen and oxygen atoms in total. The summed E-state index contributed by atoms with van der Waals surface area (Å²) in [5.74, 6) is 0.714. The van der Waals surface area contributed by atoms with Crippen LogP contribution in [0.3, 0.4) is 0 Å². The van der Waals surface area contributed by atoms with E-state index in [2.05, 4.69) is 10.2 Å².